The molecule has 0 aromatic rings. The Kier molecular flexibility index (Phi) is 4.50. The van der Waals surface area contributed by atoms with Crippen molar-refractivity contribution in [2.75, 3.05) is 12.5 Å². The van der Waals surface area contributed by atoms with Gasteiger partial charge in [-0.1, -0.05) is 0 Å². The molecule has 0 unspecified atom stereocenters. The van der Waals surface area contributed by atoms with Crippen LogP contribution in [0.1, 0.15) is 6.92 Å². The molecule has 0 aliphatic carbocycles. The molecule has 0 saturated heterocycles. The summed E-state index contributed by atoms with van der Waals surface area (Å²) in [7, 11) is 0. The second kappa shape index (κ2) is 4.37. The Morgan fingerprint density at radius 1 is 1.86 bits per heavy atom. The minimum atomic E-state index is -0.0272. The van der Waals surface area contributed by atoms with Gasteiger partial charge in [0.1, 0.15) is 0 Å². The average Bonchev–Trinajstić information content (AvgIpc) is 1.61. The van der Waals surface area contributed by atoms with Crippen LogP contribution in [0.5, 0.6) is 0 Å². The third-order valence-corrected chi connectivity index (χ3v) is 0.542. The fourth-order valence-corrected chi connectivity index (χ4v) is 0.263. The summed E-state index contributed by atoms with van der Waals surface area (Å²) in [6.45, 7) is 1.84. The van der Waals surface area contributed by atoms with E-state index in [4.69, 9.17) is 16.7 Å². The van der Waals surface area contributed by atoms with Crippen molar-refractivity contribution < 1.29 is 9.84 Å². The van der Waals surface area contributed by atoms with Gasteiger partial charge in [-0.25, -0.2) is 0 Å². The molecule has 3 heteroatoms. The fraction of sp³-hybridized carbons (Fsp3) is 0.750. The first-order chi connectivity index (χ1) is 3.27. The van der Waals surface area contributed by atoms with E-state index in [-0.39, 0.29) is 6.29 Å². The van der Waals surface area contributed by atoms with Crippen molar-refractivity contribution in [2.24, 2.45) is 0 Å². The molecule has 0 aromatic carbocycles. The van der Waals surface area contributed by atoms with Crippen LogP contribution in [0.4, 0.5) is 0 Å². The van der Waals surface area contributed by atoms with E-state index in [1.165, 1.54) is 6.92 Å². The summed E-state index contributed by atoms with van der Waals surface area (Å²) in [5, 5.41) is 8.32. The van der Waals surface area contributed by atoms with Gasteiger partial charge < -0.3 is 9.84 Å². The minimum Gasteiger partial charge on any atom is -0.362 e. The molecule has 1 radical (unpaired) electrons. The first-order valence-electron chi connectivity index (χ1n) is 1.98. The van der Waals surface area contributed by atoms with Gasteiger partial charge in [-0.2, -0.15) is 0 Å². The van der Waals surface area contributed by atoms with Gasteiger partial charge in [0.25, 0.3) is 0 Å². The highest BCUT2D eigenvalue weighted by Crippen LogP contribution is 1.91. The largest absolute Gasteiger partial charge is 0.362 e. The number of hydrogen-bond donors (Lipinski definition) is 1. The Balaban J connectivity index is 2.68. The van der Waals surface area contributed by atoms with Crippen LogP contribution < -0.4 is 0 Å². The quantitative estimate of drug-likeness (QED) is 0.570. The van der Waals surface area contributed by atoms with E-state index in [9.17, 15) is 0 Å². The molecule has 0 aliphatic rings. The molecule has 1 N–H and O–H groups in total. The number of halogens is 1. The first kappa shape index (κ1) is 7.21. The molecular weight excluding hydrogens is 115 g/mol. The van der Waals surface area contributed by atoms with E-state index in [0.29, 0.717) is 12.5 Å². The van der Waals surface area contributed by atoms with Crippen LogP contribution in [0.15, 0.2) is 0 Å². The van der Waals surface area contributed by atoms with E-state index in [1.54, 1.807) is 0 Å². The molecule has 0 bridgehead atoms. The monoisotopic (exact) mass is 123 g/mol. The van der Waals surface area contributed by atoms with Crippen molar-refractivity contribution in [3.05, 3.63) is 6.29 Å². The predicted molar refractivity (Wildman–Crippen MR) is 27.5 cm³/mol. The number of rotatable bonds is 3. The van der Waals surface area contributed by atoms with Crippen LogP contribution in [-0.4, -0.2) is 17.6 Å². The molecule has 0 saturated carbocycles. The van der Waals surface area contributed by atoms with Gasteiger partial charge in [-0.15, -0.1) is 11.6 Å². The van der Waals surface area contributed by atoms with Crippen molar-refractivity contribution in [3.8, 4) is 0 Å². The van der Waals surface area contributed by atoms with E-state index in [0.717, 1.165) is 0 Å². The van der Waals surface area contributed by atoms with Gasteiger partial charge in [-0.3, -0.25) is 0 Å². The molecular formula is C4H8ClO2. The normalized spacial score (nSPS) is 10.3. The number of hydrogen-bond acceptors (Lipinski definition) is 2. The van der Waals surface area contributed by atoms with Crippen molar-refractivity contribution >= 4 is 11.6 Å². The van der Waals surface area contributed by atoms with Crippen molar-refractivity contribution in [1.29, 1.82) is 0 Å². The van der Waals surface area contributed by atoms with Crippen LogP contribution >= 0.6 is 11.6 Å². The lowest BCUT2D eigenvalue weighted by molar-refractivity contribution is 0.0227. The van der Waals surface area contributed by atoms with Gasteiger partial charge in [0.15, 0.2) is 0 Å². The molecule has 0 aliphatic heterocycles. The zero-order chi connectivity index (χ0) is 5.70. The van der Waals surface area contributed by atoms with Crippen molar-refractivity contribution in [2.45, 2.75) is 6.92 Å². The topological polar surface area (TPSA) is 29.5 Å². The predicted octanol–water partition coefficient (Wildman–Crippen LogP) is 1.12. The fourth-order valence-electron chi connectivity index (χ4n) is 0.186. The van der Waals surface area contributed by atoms with E-state index >= 15 is 0 Å². The van der Waals surface area contributed by atoms with E-state index in [2.05, 4.69) is 4.74 Å². The molecule has 0 fully saturated rings. The van der Waals surface area contributed by atoms with Crippen LogP contribution in [0.2, 0.25) is 0 Å². The van der Waals surface area contributed by atoms with Crippen LogP contribution in [-0.2, 0) is 4.74 Å². The Hall–Kier alpha value is 0.210. The first-order valence-corrected chi connectivity index (χ1v) is 2.52. The van der Waals surface area contributed by atoms with E-state index < -0.39 is 0 Å². The maximum Gasteiger partial charge on any atom is 0.217 e. The minimum absolute atomic E-state index is 0.0272. The Morgan fingerprint density at radius 2 is 2.43 bits per heavy atom. The zero-order valence-corrected chi connectivity index (χ0v) is 4.90. The summed E-state index contributed by atoms with van der Waals surface area (Å²) < 4.78 is 4.53. The summed E-state index contributed by atoms with van der Waals surface area (Å²) in [5.41, 5.74) is 0. The highest BCUT2D eigenvalue weighted by Gasteiger charge is 1.92. The molecule has 2 nitrogen and oxygen atoms in total. The van der Waals surface area contributed by atoms with Crippen molar-refractivity contribution in [3.63, 3.8) is 0 Å². The van der Waals surface area contributed by atoms with Crippen molar-refractivity contribution in [1.82, 2.24) is 0 Å². The lowest BCUT2D eigenvalue weighted by Gasteiger charge is -1.99. The second-order valence-electron chi connectivity index (χ2n) is 1.06. The summed E-state index contributed by atoms with van der Waals surface area (Å²) >= 11 is 5.20. The molecule has 7 heavy (non-hydrogen) atoms. The SMILES string of the molecule is C[C](O)OCCCl. The Bertz CT molecular complexity index is 38.7. The Morgan fingerprint density at radius 3 is 2.57 bits per heavy atom. The maximum atomic E-state index is 8.32. The van der Waals surface area contributed by atoms with Gasteiger partial charge in [0, 0.05) is 5.88 Å². The standard InChI is InChI=1S/C4H8ClO2/c1-4(6)7-3-2-5/h6H,2-3H2,1H3. The molecule has 0 heterocycles. The van der Waals surface area contributed by atoms with Gasteiger partial charge in [0.05, 0.1) is 6.61 Å². The molecule has 0 aromatic heterocycles. The van der Waals surface area contributed by atoms with Crippen LogP contribution in [0.25, 0.3) is 0 Å². The molecule has 0 amide bonds. The molecule has 43 valence electrons. The summed E-state index contributed by atoms with van der Waals surface area (Å²) in [6, 6.07) is 0. The summed E-state index contributed by atoms with van der Waals surface area (Å²) in [4.78, 5) is 0. The molecule has 0 spiro atoms. The zero-order valence-electron chi connectivity index (χ0n) is 4.15. The smallest absolute Gasteiger partial charge is 0.217 e. The van der Waals surface area contributed by atoms with Gasteiger partial charge in [-0.05, 0) is 6.92 Å². The third kappa shape index (κ3) is 6.21. The second-order valence-corrected chi connectivity index (χ2v) is 1.43. The van der Waals surface area contributed by atoms with Gasteiger partial charge >= 0.3 is 0 Å². The highest BCUT2D eigenvalue weighted by atomic mass is 35.5. The number of alkyl halides is 1. The lowest BCUT2D eigenvalue weighted by atomic mass is 10.7. The number of aliphatic hydroxyl groups is 1. The number of ether oxygens (including phenoxy) is 1. The lowest BCUT2D eigenvalue weighted by Crippen LogP contribution is -1.99. The summed E-state index contributed by atoms with van der Waals surface area (Å²) in [5.74, 6) is 0.415. The Labute approximate surface area is 48.0 Å². The highest BCUT2D eigenvalue weighted by molar-refractivity contribution is 6.17. The molecule has 0 rings (SSSR count). The summed E-state index contributed by atoms with van der Waals surface area (Å²) in [6.07, 6.45) is -0.0272. The average molecular weight is 124 g/mol. The molecule has 0 atom stereocenters. The number of aliphatic hydroxyl groups excluding tert-OH is 1. The van der Waals surface area contributed by atoms with Gasteiger partial charge in [0.2, 0.25) is 6.29 Å². The van der Waals surface area contributed by atoms with Crippen LogP contribution in [0, 0.1) is 6.29 Å². The van der Waals surface area contributed by atoms with E-state index in [1.807, 2.05) is 0 Å². The third-order valence-electron chi connectivity index (χ3n) is 0.388. The maximum absolute atomic E-state index is 8.32. The van der Waals surface area contributed by atoms with Crippen LogP contribution in [0.3, 0.4) is 0 Å².